The summed E-state index contributed by atoms with van der Waals surface area (Å²) in [5, 5.41) is 0. The van der Waals surface area contributed by atoms with Crippen LogP contribution in [0.5, 0.6) is 0 Å². The molecule has 24 heavy (non-hydrogen) atoms. The van der Waals surface area contributed by atoms with Gasteiger partial charge in [-0.05, 0) is 44.2 Å². The van der Waals surface area contributed by atoms with Gasteiger partial charge in [-0.15, -0.1) is 0 Å². The van der Waals surface area contributed by atoms with E-state index in [-0.39, 0.29) is 23.1 Å². The van der Waals surface area contributed by atoms with Crippen molar-refractivity contribution < 1.29 is 9.59 Å². The zero-order chi connectivity index (χ0) is 17.3. The number of aliphatic imine (C=N–C) groups is 1. The molecule has 2 heterocycles. The fourth-order valence-electron chi connectivity index (χ4n) is 3.85. The predicted molar refractivity (Wildman–Crippen MR) is 95.4 cm³/mol. The number of piperidine rings is 1. The van der Waals surface area contributed by atoms with E-state index in [1.54, 1.807) is 6.92 Å². The minimum atomic E-state index is -0.151. The van der Waals surface area contributed by atoms with Gasteiger partial charge in [0.2, 0.25) is 5.91 Å². The molecule has 1 fully saturated rings. The molecule has 0 aromatic heterocycles. The van der Waals surface area contributed by atoms with Crippen molar-refractivity contribution in [3.8, 4) is 0 Å². The van der Waals surface area contributed by atoms with E-state index < -0.39 is 0 Å². The number of carbonyl (C=O) groups excluding carboxylic acids is 2. The van der Waals surface area contributed by atoms with Crippen LogP contribution in [0.25, 0.3) is 0 Å². The van der Waals surface area contributed by atoms with Gasteiger partial charge < -0.3 is 4.90 Å². The van der Waals surface area contributed by atoms with Crippen LogP contribution in [0.3, 0.4) is 0 Å². The first kappa shape index (κ1) is 16.9. The second kappa shape index (κ2) is 6.50. The maximum atomic E-state index is 12.8. The van der Waals surface area contributed by atoms with Crippen LogP contribution in [0, 0.1) is 5.92 Å². The SMILES string of the molecule is CC(=O)N1CCC(C(=O)CC2=NC(C)(C)Cc3ccccc32)CC1. The first-order valence-electron chi connectivity index (χ1n) is 8.81. The van der Waals surface area contributed by atoms with Gasteiger partial charge in [0.1, 0.15) is 5.78 Å². The van der Waals surface area contributed by atoms with Crippen molar-refractivity contribution in [3.63, 3.8) is 0 Å². The van der Waals surface area contributed by atoms with Gasteiger partial charge in [0.25, 0.3) is 0 Å². The van der Waals surface area contributed by atoms with Crippen LogP contribution >= 0.6 is 0 Å². The molecule has 0 bridgehead atoms. The van der Waals surface area contributed by atoms with Gasteiger partial charge in [-0.25, -0.2) is 0 Å². The van der Waals surface area contributed by atoms with E-state index in [1.807, 2.05) is 11.0 Å². The third-order valence-electron chi connectivity index (χ3n) is 5.13. The molecule has 1 aromatic carbocycles. The number of carbonyl (C=O) groups is 2. The zero-order valence-electron chi connectivity index (χ0n) is 14.8. The number of ketones is 1. The van der Waals surface area contributed by atoms with Gasteiger partial charge in [0.15, 0.2) is 0 Å². The lowest BCUT2D eigenvalue weighted by Gasteiger charge is -2.32. The van der Waals surface area contributed by atoms with Crippen molar-refractivity contribution >= 4 is 17.4 Å². The Morgan fingerprint density at radius 3 is 2.54 bits per heavy atom. The highest BCUT2D eigenvalue weighted by Crippen LogP contribution is 2.29. The van der Waals surface area contributed by atoms with Crippen molar-refractivity contribution in [2.24, 2.45) is 10.9 Å². The summed E-state index contributed by atoms with van der Waals surface area (Å²) in [6, 6.07) is 8.29. The van der Waals surface area contributed by atoms with Gasteiger partial charge in [-0.1, -0.05) is 24.3 Å². The Balaban J connectivity index is 1.72. The number of Topliss-reactive ketones (excluding diaryl/α,β-unsaturated/α-hetero) is 1. The smallest absolute Gasteiger partial charge is 0.219 e. The van der Waals surface area contributed by atoms with Crippen LogP contribution in [0.4, 0.5) is 0 Å². The fraction of sp³-hybridized carbons (Fsp3) is 0.550. The van der Waals surface area contributed by atoms with Crippen LogP contribution in [0.1, 0.15) is 51.2 Å². The van der Waals surface area contributed by atoms with Crippen LogP contribution < -0.4 is 0 Å². The van der Waals surface area contributed by atoms with Crippen molar-refractivity contribution in [1.29, 1.82) is 0 Å². The summed E-state index contributed by atoms with van der Waals surface area (Å²) in [6.07, 6.45) is 2.87. The molecule has 0 radical (unpaired) electrons. The number of nitrogens with zero attached hydrogens (tertiary/aromatic N) is 2. The lowest BCUT2D eigenvalue weighted by atomic mass is 9.83. The molecular formula is C20H26N2O2. The minimum Gasteiger partial charge on any atom is -0.343 e. The summed E-state index contributed by atoms with van der Waals surface area (Å²) in [6.45, 7) is 7.23. The molecule has 128 valence electrons. The third-order valence-corrected chi connectivity index (χ3v) is 5.13. The quantitative estimate of drug-likeness (QED) is 0.857. The molecule has 1 aromatic rings. The number of fused-ring (bicyclic) bond motifs is 1. The monoisotopic (exact) mass is 326 g/mol. The van der Waals surface area contributed by atoms with Crippen molar-refractivity contribution in [2.45, 2.75) is 52.0 Å². The number of likely N-dealkylation sites (tertiary alicyclic amines) is 1. The first-order chi connectivity index (χ1) is 11.4. The molecule has 2 aliphatic heterocycles. The molecule has 0 unspecified atom stereocenters. The Hall–Kier alpha value is -1.97. The third kappa shape index (κ3) is 3.58. The van der Waals surface area contributed by atoms with Gasteiger partial charge in [-0.3, -0.25) is 14.6 Å². The van der Waals surface area contributed by atoms with Crippen molar-refractivity contribution in [1.82, 2.24) is 4.90 Å². The Morgan fingerprint density at radius 1 is 1.21 bits per heavy atom. The molecule has 0 atom stereocenters. The Kier molecular flexibility index (Phi) is 4.57. The molecule has 0 N–H and O–H groups in total. The number of amides is 1. The number of hydrogen-bond acceptors (Lipinski definition) is 3. The van der Waals surface area contributed by atoms with Crippen LogP contribution in [-0.4, -0.2) is 40.9 Å². The lowest BCUT2D eigenvalue weighted by molar-refractivity contribution is -0.132. The maximum absolute atomic E-state index is 12.8. The highest BCUT2D eigenvalue weighted by molar-refractivity contribution is 6.13. The van der Waals surface area contributed by atoms with E-state index in [2.05, 4.69) is 32.0 Å². The summed E-state index contributed by atoms with van der Waals surface area (Å²) in [5.41, 5.74) is 3.20. The molecule has 1 amide bonds. The van der Waals surface area contributed by atoms with Crippen LogP contribution in [-0.2, 0) is 16.0 Å². The largest absolute Gasteiger partial charge is 0.343 e. The Bertz CT molecular complexity index is 683. The number of rotatable bonds is 3. The normalized spacial score (nSPS) is 20.3. The lowest BCUT2D eigenvalue weighted by Crippen LogP contribution is -2.39. The predicted octanol–water partition coefficient (Wildman–Crippen LogP) is 3.03. The highest BCUT2D eigenvalue weighted by atomic mass is 16.2. The van der Waals surface area contributed by atoms with E-state index >= 15 is 0 Å². The second-order valence-corrected chi connectivity index (χ2v) is 7.63. The highest BCUT2D eigenvalue weighted by Gasteiger charge is 2.30. The average molecular weight is 326 g/mol. The topological polar surface area (TPSA) is 49.7 Å². The first-order valence-corrected chi connectivity index (χ1v) is 8.81. The molecule has 3 rings (SSSR count). The van der Waals surface area contributed by atoms with Crippen molar-refractivity contribution in [2.75, 3.05) is 13.1 Å². The summed E-state index contributed by atoms with van der Waals surface area (Å²) >= 11 is 0. The van der Waals surface area contributed by atoms with E-state index in [9.17, 15) is 9.59 Å². The van der Waals surface area contributed by atoms with E-state index in [0.29, 0.717) is 19.5 Å². The molecule has 4 nitrogen and oxygen atoms in total. The molecular weight excluding hydrogens is 300 g/mol. The second-order valence-electron chi connectivity index (χ2n) is 7.63. The van der Waals surface area contributed by atoms with Crippen molar-refractivity contribution in [3.05, 3.63) is 35.4 Å². The summed E-state index contributed by atoms with van der Waals surface area (Å²) in [4.78, 5) is 30.9. The Morgan fingerprint density at radius 2 is 1.88 bits per heavy atom. The zero-order valence-corrected chi connectivity index (χ0v) is 14.8. The standard InChI is InChI=1S/C20H26N2O2/c1-14(23)22-10-8-15(9-11-22)19(24)12-18-17-7-5-4-6-16(17)13-20(2,3)21-18/h4-7,15H,8-13H2,1-3H3. The molecule has 4 heteroatoms. The number of benzene rings is 1. The summed E-state index contributed by atoms with van der Waals surface area (Å²) < 4.78 is 0. The molecule has 2 aliphatic rings. The minimum absolute atomic E-state index is 0.0560. The number of hydrogen-bond donors (Lipinski definition) is 0. The Labute approximate surface area is 144 Å². The van der Waals surface area contributed by atoms with Crippen LogP contribution in [0.2, 0.25) is 0 Å². The molecule has 0 spiro atoms. The molecule has 1 saturated heterocycles. The van der Waals surface area contributed by atoms with Gasteiger partial charge in [0.05, 0.1) is 11.3 Å². The van der Waals surface area contributed by atoms with Gasteiger partial charge >= 0.3 is 0 Å². The summed E-state index contributed by atoms with van der Waals surface area (Å²) in [7, 11) is 0. The fourth-order valence-corrected chi connectivity index (χ4v) is 3.85. The van der Waals surface area contributed by atoms with Gasteiger partial charge in [-0.2, -0.15) is 0 Å². The van der Waals surface area contributed by atoms with Crippen LogP contribution in [0.15, 0.2) is 29.3 Å². The van der Waals surface area contributed by atoms with E-state index in [1.165, 1.54) is 5.56 Å². The van der Waals surface area contributed by atoms with Gasteiger partial charge in [0, 0.05) is 32.4 Å². The van der Waals surface area contributed by atoms with E-state index in [4.69, 9.17) is 4.99 Å². The maximum Gasteiger partial charge on any atom is 0.219 e. The summed E-state index contributed by atoms with van der Waals surface area (Å²) in [5.74, 6) is 0.429. The average Bonchev–Trinajstić information content (AvgIpc) is 2.53. The molecule has 0 aliphatic carbocycles. The molecule has 0 saturated carbocycles. The van der Waals surface area contributed by atoms with E-state index in [0.717, 1.165) is 30.5 Å².